The summed E-state index contributed by atoms with van der Waals surface area (Å²) in [7, 11) is 0. The van der Waals surface area contributed by atoms with Crippen molar-refractivity contribution in [3.8, 4) is 22.6 Å². The van der Waals surface area contributed by atoms with E-state index in [1.807, 2.05) is 30.3 Å². The molecule has 5 heterocycles. The summed E-state index contributed by atoms with van der Waals surface area (Å²) in [4.78, 5) is 20.9. The van der Waals surface area contributed by atoms with Gasteiger partial charge in [0.25, 0.3) is 0 Å². The van der Waals surface area contributed by atoms with Crippen LogP contribution in [-0.2, 0) is 11.3 Å². The van der Waals surface area contributed by atoms with Gasteiger partial charge in [-0.3, -0.25) is 9.51 Å². The third-order valence-corrected chi connectivity index (χ3v) is 8.48. The summed E-state index contributed by atoms with van der Waals surface area (Å²) in [5, 5.41) is 9.23. The van der Waals surface area contributed by atoms with E-state index in [4.69, 9.17) is 32.5 Å². The van der Waals surface area contributed by atoms with Crippen molar-refractivity contribution >= 4 is 29.0 Å². The lowest BCUT2D eigenvalue weighted by atomic mass is 9.99. The van der Waals surface area contributed by atoms with E-state index >= 15 is 0 Å². The summed E-state index contributed by atoms with van der Waals surface area (Å²) >= 11 is 13.0. The van der Waals surface area contributed by atoms with E-state index in [0.717, 1.165) is 55.7 Å². The van der Waals surface area contributed by atoms with E-state index in [0.29, 0.717) is 57.3 Å². The molecule has 2 aliphatic heterocycles. The molecule has 4 aromatic rings. The van der Waals surface area contributed by atoms with Crippen LogP contribution in [0.15, 0.2) is 50.4 Å². The molecule has 3 fully saturated rings. The number of benzene rings is 1. The molecule has 7 rings (SSSR count). The summed E-state index contributed by atoms with van der Waals surface area (Å²) in [6, 6.07) is 10.1. The second-order valence-corrected chi connectivity index (χ2v) is 11.1. The Morgan fingerprint density at radius 3 is 2.39 bits per heavy atom. The molecule has 3 atom stereocenters. The summed E-state index contributed by atoms with van der Waals surface area (Å²) in [6.45, 7) is 0.416. The molecule has 0 amide bonds. The number of anilines is 1. The molecule has 38 heavy (non-hydrogen) atoms. The van der Waals surface area contributed by atoms with Crippen LogP contribution in [0.5, 0.6) is 0 Å². The predicted molar refractivity (Wildman–Crippen MR) is 141 cm³/mol. The normalized spacial score (nSPS) is 22.8. The standard InChI is InChI=1S/C27H25Cl2N5O4/c28-20-2-1-3-21(29)23(20)24-19(25(37-32-24)14-4-5-14)13-36-18-10-16-7-8-17(11-18)34(16)22-9-6-15(12-30-22)26-31-27(35)38-33-26/h1-3,6,9,12,14,16-18H,4-5,7-8,10-11,13H2,(H,31,33,35)/t16-,17+,18+. The van der Waals surface area contributed by atoms with Crippen molar-refractivity contribution < 1.29 is 13.8 Å². The molecule has 2 bridgehead atoms. The lowest BCUT2D eigenvalue weighted by Gasteiger charge is -2.39. The van der Waals surface area contributed by atoms with Gasteiger partial charge in [-0.05, 0) is 62.8 Å². The first-order valence-corrected chi connectivity index (χ1v) is 13.7. The van der Waals surface area contributed by atoms with Crippen LogP contribution < -0.4 is 10.7 Å². The molecule has 1 saturated carbocycles. The monoisotopic (exact) mass is 553 g/mol. The van der Waals surface area contributed by atoms with Crippen LogP contribution in [0.3, 0.4) is 0 Å². The minimum atomic E-state index is -0.582. The van der Waals surface area contributed by atoms with E-state index in [9.17, 15) is 4.79 Å². The van der Waals surface area contributed by atoms with Gasteiger partial charge in [-0.25, -0.2) is 9.78 Å². The van der Waals surface area contributed by atoms with Gasteiger partial charge in [0.15, 0.2) is 5.82 Å². The molecule has 1 aromatic carbocycles. The summed E-state index contributed by atoms with van der Waals surface area (Å²) in [6.07, 6.45) is 8.08. The molecule has 1 N–H and O–H groups in total. The number of aromatic amines is 1. The van der Waals surface area contributed by atoms with Crippen molar-refractivity contribution in [2.24, 2.45) is 0 Å². The van der Waals surface area contributed by atoms with Crippen molar-refractivity contribution in [2.75, 3.05) is 4.90 Å². The van der Waals surface area contributed by atoms with E-state index < -0.39 is 5.76 Å². The molecule has 0 radical (unpaired) electrons. The van der Waals surface area contributed by atoms with Crippen LogP contribution in [-0.4, -0.2) is 38.5 Å². The highest BCUT2D eigenvalue weighted by molar-refractivity contribution is 6.39. The zero-order valence-corrected chi connectivity index (χ0v) is 21.9. The third-order valence-electron chi connectivity index (χ3n) is 7.85. The number of fused-ring (bicyclic) bond motifs is 2. The molecule has 3 aromatic heterocycles. The number of H-pyrrole nitrogens is 1. The Bertz CT molecular complexity index is 1490. The van der Waals surface area contributed by atoms with Gasteiger partial charge in [0, 0.05) is 40.9 Å². The number of hydrogen-bond donors (Lipinski definition) is 1. The van der Waals surface area contributed by atoms with Gasteiger partial charge in [0.2, 0.25) is 0 Å². The smallest absolute Gasteiger partial charge is 0.373 e. The Labute approximate surface area is 228 Å². The van der Waals surface area contributed by atoms with Gasteiger partial charge < -0.3 is 14.2 Å². The Morgan fingerprint density at radius 2 is 1.76 bits per heavy atom. The highest BCUT2D eigenvalue weighted by Gasteiger charge is 2.42. The van der Waals surface area contributed by atoms with Crippen LogP contribution in [0, 0.1) is 0 Å². The lowest BCUT2D eigenvalue weighted by molar-refractivity contribution is 0.0146. The predicted octanol–water partition coefficient (Wildman–Crippen LogP) is 5.98. The second-order valence-electron chi connectivity index (χ2n) is 10.3. The van der Waals surface area contributed by atoms with Gasteiger partial charge >= 0.3 is 5.76 Å². The van der Waals surface area contributed by atoms with E-state index in [-0.39, 0.29) is 6.10 Å². The molecule has 3 aliphatic rings. The Balaban J connectivity index is 1.07. The molecule has 1 aliphatic carbocycles. The van der Waals surface area contributed by atoms with Crippen LogP contribution in [0.4, 0.5) is 5.82 Å². The maximum atomic E-state index is 11.3. The topological polar surface area (TPSA) is 110 Å². The number of nitrogens with zero attached hydrogens (tertiary/aromatic N) is 4. The Hall–Kier alpha value is -3.14. The molecule has 0 spiro atoms. The minimum absolute atomic E-state index is 0.125. The zero-order valence-electron chi connectivity index (χ0n) is 20.4. The summed E-state index contributed by atoms with van der Waals surface area (Å²) < 4.78 is 17.0. The van der Waals surface area contributed by atoms with Crippen molar-refractivity contribution in [1.29, 1.82) is 0 Å². The van der Waals surface area contributed by atoms with Gasteiger partial charge in [-0.2, -0.15) is 0 Å². The van der Waals surface area contributed by atoms with E-state index in [1.165, 1.54) is 0 Å². The molecule has 196 valence electrons. The number of nitrogens with one attached hydrogen (secondary N) is 1. The maximum absolute atomic E-state index is 11.3. The van der Waals surface area contributed by atoms with Gasteiger partial charge in [-0.15, -0.1) is 0 Å². The average molecular weight is 554 g/mol. The number of pyridine rings is 1. The molecular formula is C27H25Cl2N5O4. The fourth-order valence-corrected chi connectivity index (χ4v) is 6.50. The quantitative estimate of drug-likeness (QED) is 0.297. The maximum Gasteiger partial charge on any atom is 0.439 e. The average Bonchev–Trinajstić information content (AvgIpc) is 3.44. The third kappa shape index (κ3) is 4.32. The molecule has 0 unspecified atom stereocenters. The fraction of sp³-hybridized carbons (Fsp3) is 0.407. The van der Waals surface area contributed by atoms with Crippen molar-refractivity contribution in [2.45, 2.75) is 69.2 Å². The fourth-order valence-electron chi connectivity index (χ4n) is 5.92. The SMILES string of the molecule is O=c1[nH]c(-c2ccc(N3[C@@H]4CC[C@H]3C[C@@H](OCc3c(-c5c(Cl)cccc5Cl)noc3C3CC3)C4)nc2)no1. The van der Waals surface area contributed by atoms with Crippen LogP contribution >= 0.6 is 23.2 Å². The van der Waals surface area contributed by atoms with Gasteiger partial charge in [0.05, 0.1) is 22.8 Å². The number of halogens is 2. The number of aromatic nitrogens is 4. The first-order valence-electron chi connectivity index (χ1n) is 12.9. The summed E-state index contributed by atoms with van der Waals surface area (Å²) in [5.74, 6) is 2.01. The Kier molecular flexibility index (Phi) is 6.02. The highest BCUT2D eigenvalue weighted by atomic mass is 35.5. The van der Waals surface area contributed by atoms with E-state index in [1.54, 1.807) is 6.20 Å². The van der Waals surface area contributed by atoms with Crippen molar-refractivity contribution in [3.05, 3.63) is 68.4 Å². The van der Waals surface area contributed by atoms with Crippen molar-refractivity contribution in [3.63, 3.8) is 0 Å². The number of piperidine rings is 1. The first-order chi connectivity index (χ1) is 18.5. The first kappa shape index (κ1) is 23.9. The van der Waals surface area contributed by atoms with E-state index in [2.05, 4.69) is 29.7 Å². The number of rotatable bonds is 7. The van der Waals surface area contributed by atoms with Gasteiger partial charge in [0.1, 0.15) is 17.3 Å². The molecular weight excluding hydrogens is 529 g/mol. The second kappa shape index (κ2) is 9.55. The lowest BCUT2D eigenvalue weighted by Crippen LogP contribution is -2.46. The number of ether oxygens (including phenoxy) is 1. The minimum Gasteiger partial charge on any atom is -0.373 e. The number of hydrogen-bond acceptors (Lipinski definition) is 8. The Morgan fingerprint density at radius 1 is 1.00 bits per heavy atom. The van der Waals surface area contributed by atoms with Crippen molar-refractivity contribution in [1.82, 2.24) is 20.3 Å². The van der Waals surface area contributed by atoms with Crippen LogP contribution in [0.25, 0.3) is 22.6 Å². The zero-order chi connectivity index (χ0) is 25.8. The largest absolute Gasteiger partial charge is 0.439 e. The summed E-state index contributed by atoms with van der Waals surface area (Å²) in [5.41, 5.74) is 3.05. The van der Waals surface area contributed by atoms with Gasteiger partial charge in [-0.1, -0.05) is 39.6 Å². The van der Waals surface area contributed by atoms with Crippen LogP contribution in [0.1, 0.15) is 55.8 Å². The molecule has 9 nitrogen and oxygen atoms in total. The van der Waals surface area contributed by atoms with Crippen LogP contribution in [0.2, 0.25) is 10.0 Å². The molecule has 11 heteroatoms. The highest BCUT2D eigenvalue weighted by Crippen LogP contribution is 2.47. The molecule has 2 saturated heterocycles.